The van der Waals surface area contributed by atoms with Crippen LogP contribution in [0.2, 0.25) is 0 Å². The number of hydrogen-bond acceptors (Lipinski definition) is 1. The first-order chi connectivity index (χ1) is 17.7. The Morgan fingerprint density at radius 3 is 2.47 bits per heavy atom. The van der Waals surface area contributed by atoms with Crippen molar-refractivity contribution in [1.29, 1.82) is 0 Å². The second kappa shape index (κ2) is 12.5. The van der Waals surface area contributed by atoms with Crippen LogP contribution in [0.4, 0.5) is 0 Å². The third-order valence-corrected chi connectivity index (χ3v) is 8.84. The lowest BCUT2D eigenvalue weighted by Crippen LogP contribution is -2.41. The van der Waals surface area contributed by atoms with Crippen LogP contribution in [-0.4, -0.2) is 28.6 Å². The Kier molecular flexibility index (Phi) is 8.85. The van der Waals surface area contributed by atoms with E-state index in [-0.39, 0.29) is 0 Å². The van der Waals surface area contributed by atoms with Crippen molar-refractivity contribution < 1.29 is 0 Å². The van der Waals surface area contributed by atoms with Gasteiger partial charge in [-0.1, -0.05) is 75.1 Å². The summed E-state index contributed by atoms with van der Waals surface area (Å²) in [5.74, 6) is 1.63. The molecule has 2 aromatic carbocycles. The van der Waals surface area contributed by atoms with Gasteiger partial charge in [0.15, 0.2) is 0 Å². The summed E-state index contributed by atoms with van der Waals surface area (Å²) >= 11 is 0. The zero-order valence-electron chi connectivity index (χ0n) is 22.6. The summed E-state index contributed by atoms with van der Waals surface area (Å²) in [6.45, 7) is 10.2. The van der Waals surface area contributed by atoms with Crippen LogP contribution in [-0.2, 0) is 13.0 Å². The Bertz CT molecular complexity index is 1080. The Labute approximate surface area is 220 Å². The highest BCUT2D eigenvalue weighted by atomic mass is 15.2. The van der Waals surface area contributed by atoms with Gasteiger partial charge < -0.3 is 9.47 Å². The number of likely N-dealkylation sites (tertiary alicyclic amines) is 1. The van der Waals surface area contributed by atoms with E-state index in [0.29, 0.717) is 5.92 Å². The summed E-state index contributed by atoms with van der Waals surface area (Å²) in [4.78, 5) is 2.86. The monoisotopic (exact) mass is 483 g/mol. The predicted octanol–water partition coefficient (Wildman–Crippen LogP) is 8.77. The third-order valence-electron chi connectivity index (χ3n) is 8.84. The van der Waals surface area contributed by atoms with Gasteiger partial charge in [0, 0.05) is 29.7 Å². The summed E-state index contributed by atoms with van der Waals surface area (Å²) in [6.07, 6.45) is 18.7. The average Bonchev–Trinajstić information content (AvgIpc) is 3.65. The van der Waals surface area contributed by atoms with Crippen molar-refractivity contribution in [2.45, 2.75) is 102 Å². The molecule has 0 bridgehead atoms. The first-order valence-electron chi connectivity index (χ1n) is 14.9. The molecule has 0 spiro atoms. The number of fused-ring (bicyclic) bond motifs is 1. The molecule has 36 heavy (non-hydrogen) atoms. The molecule has 1 aliphatic heterocycles. The van der Waals surface area contributed by atoms with E-state index in [2.05, 4.69) is 78.0 Å². The minimum absolute atomic E-state index is 0.715. The van der Waals surface area contributed by atoms with Gasteiger partial charge in [-0.15, -0.1) is 0 Å². The molecule has 2 heterocycles. The van der Waals surface area contributed by atoms with Gasteiger partial charge in [0.25, 0.3) is 0 Å². The fourth-order valence-electron chi connectivity index (χ4n) is 6.55. The van der Waals surface area contributed by atoms with Crippen LogP contribution in [0.15, 0.2) is 54.7 Å². The van der Waals surface area contributed by atoms with E-state index in [4.69, 9.17) is 0 Å². The first kappa shape index (κ1) is 25.6. The van der Waals surface area contributed by atoms with E-state index in [9.17, 15) is 0 Å². The largest absolute Gasteiger partial charge is 0.347 e. The zero-order chi connectivity index (χ0) is 24.7. The minimum atomic E-state index is 0.715. The summed E-state index contributed by atoms with van der Waals surface area (Å²) in [5, 5.41) is 1.51. The lowest BCUT2D eigenvalue weighted by molar-refractivity contribution is 0.134. The van der Waals surface area contributed by atoms with Crippen molar-refractivity contribution in [1.82, 2.24) is 9.47 Å². The van der Waals surface area contributed by atoms with E-state index in [1.165, 1.54) is 113 Å². The Morgan fingerprint density at radius 1 is 0.889 bits per heavy atom. The highest BCUT2D eigenvalue weighted by Crippen LogP contribution is 2.38. The number of nitrogens with zero attached hydrogens (tertiary/aromatic N) is 2. The second-order valence-corrected chi connectivity index (χ2v) is 11.7. The first-order valence-corrected chi connectivity index (χ1v) is 14.9. The highest BCUT2D eigenvalue weighted by Gasteiger charge is 2.28. The van der Waals surface area contributed by atoms with Crippen molar-refractivity contribution in [3.8, 4) is 0 Å². The lowest BCUT2D eigenvalue weighted by Gasteiger charge is -2.38. The third kappa shape index (κ3) is 6.62. The van der Waals surface area contributed by atoms with Gasteiger partial charge in [-0.3, -0.25) is 0 Å². The number of benzene rings is 2. The van der Waals surface area contributed by atoms with E-state index >= 15 is 0 Å². The van der Waals surface area contributed by atoms with Crippen LogP contribution < -0.4 is 0 Å². The number of unbranched alkanes of at least 4 members (excludes halogenated alkanes) is 3. The maximum atomic E-state index is 4.12. The normalized spacial score (nSPS) is 18.2. The molecule has 5 rings (SSSR count). The van der Waals surface area contributed by atoms with Crippen molar-refractivity contribution in [2.24, 2.45) is 5.92 Å². The Hall–Kier alpha value is -2.06. The van der Waals surface area contributed by atoms with Crippen LogP contribution in [0.5, 0.6) is 0 Å². The van der Waals surface area contributed by atoms with E-state index in [1.807, 2.05) is 0 Å². The summed E-state index contributed by atoms with van der Waals surface area (Å²) in [7, 11) is 0. The van der Waals surface area contributed by atoms with Crippen LogP contribution in [0.3, 0.4) is 0 Å². The lowest BCUT2D eigenvalue weighted by atomic mass is 9.87. The molecule has 1 atom stereocenters. The Morgan fingerprint density at radius 2 is 1.69 bits per heavy atom. The van der Waals surface area contributed by atoms with Gasteiger partial charge in [-0.25, -0.2) is 0 Å². The maximum Gasteiger partial charge on any atom is 0.0483 e. The predicted molar refractivity (Wildman–Crippen MR) is 155 cm³/mol. The number of aryl methyl sites for hydroxylation is 1. The van der Waals surface area contributed by atoms with Gasteiger partial charge in [0.1, 0.15) is 0 Å². The van der Waals surface area contributed by atoms with Crippen molar-refractivity contribution in [3.63, 3.8) is 0 Å². The molecule has 0 N–H and O–H groups in total. The molecule has 193 valence electrons. The molecule has 2 nitrogen and oxygen atoms in total. The van der Waals surface area contributed by atoms with E-state index in [0.717, 1.165) is 17.5 Å². The molecular weight excluding hydrogens is 436 g/mol. The quantitative estimate of drug-likeness (QED) is 0.221. The van der Waals surface area contributed by atoms with E-state index < -0.39 is 0 Å². The molecular formula is C34H47N2. The van der Waals surface area contributed by atoms with Crippen molar-refractivity contribution in [2.75, 3.05) is 13.1 Å². The SMILES string of the molecule is [CH2]c1cccc(CCCC(CCCCCC)N2CCC(c3cn(CC4CC4)c4ccccc34)CC2)c1. The molecule has 1 saturated heterocycles. The molecule has 3 aromatic rings. The Balaban J connectivity index is 1.20. The number of hydrogen-bond donors (Lipinski definition) is 0. The summed E-state index contributed by atoms with van der Waals surface area (Å²) < 4.78 is 2.58. The zero-order valence-corrected chi connectivity index (χ0v) is 22.6. The molecule has 1 radical (unpaired) electrons. The van der Waals surface area contributed by atoms with Crippen LogP contribution in [0.1, 0.15) is 100 Å². The van der Waals surface area contributed by atoms with E-state index in [1.54, 1.807) is 5.56 Å². The molecule has 2 heteroatoms. The highest BCUT2D eigenvalue weighted by molar-refractivity contribution is 5.84. The average molecular weight is 484 g/mol. The fraction of sp³-hybridized carbons (Fsp3) is 0.559. The maximum absolute atomic E-state index is 4.12. The summed E-state index contributed by atoms with van der Waals surface area (Å²) in [5.41, 5.74) is 5.68. The molecule has 0 amide bonds. The topological polar surface area (TPSA) is 8.17 Å². The minimum Gasteiger partial charge on any atom is -0.347 e. The molecule has 1 aliphatic carbocycles. The fourth-order valence-corrected chi connectivity index (χ4v) is 6.55. The molecule has 1 unspecified atom stereocenters. The van der Waals surface area contributed by atoms with Crippen LogP contribution >= 0.6 is 0 Å². The smallest absolute Gasteiger partial charge is 0.0483 e. The number of para-hydroxylation sites is 1. The van der Waals surface area contributed by atoms with Crippen LogP contribution in [0, 0.1) is 12.8 Å². The van der Waals surface area contributed by atoms with Crippen molar-refractivity contribution in [3.05, 3.63) is 78.3 Å². The van der Waals surface area contributed by atoms with Gasteiger partial charge in [-0.2, -0.15) is 0 Å². The number of rotatable bonds is 13. The molecule has 2 fully saturated rings. The number of aromatic nitrogens is 1. The van der Waals surface area contributed by atoms with Crippen molar-refractivity contribution >= 4 is 10.9 Å². The second-order valence-electron chi connectivity index (χ2n) is 11.7. The molecule has 1 aromatic heterocycles. The summed E-state index contributed by atoms with van der Waals surface area (Å²) in [6, 6.07) is 18.7. The van der Waals surface area contributed by atoms with Crippen LogP contribution in [0.25, 0.3) is 10.9 Å². The van der Waals surface area contributed by atoms with Gasteiger partial charge >= 0.3 is 0 Å². The standard InChI is InChI=1S/C34H47N2/c1-3-4-5-6-14-31(15-10-13-28-12-9-11-27(2)24-28)35-22-20-30(21-23-35)33-26-36(25-29-18-19-29)34-17-8-7-16-32(33)34/h7-9,11-12,16-17,24,26,29-31H,2-6,10,13-15,18-23,25H2,1H3. The molecule has 1 saturated carbocycles. The number of piperidine rings is 1. The van der Waals surface area contributed by atoms with Gasteiger partial charge in [0.05, 0.1) is 0 Å². The molecule has 2 aliphatic rings. The van der Waals surface area contributed by atoms with Gasteiger partial charge in [0.2, 0.25) is 0 Å². The van der Waals surface area contributed by atoms with Gasteiger partial charge in [-0.05, 0) is 106 Å².